The first-order valence-electron chi connectivity index (χ1n) is 7.72. The first kappa shape index (κ1) is 18.5. The third-order valence-electron chi connectivity index (χ3n) is 4.05. The van der Waals surface area contributed by atoms with Gasteiger partial charge in [-0.15, -0.1) is 0 Å². The highest BCUT2D eigenvalue weighted by Gasteiger charge is 2.30. The highest BCUT2D eigenvalue weighted by atomic mass is 19.4. The van der Waals surface area contributed by atoms with E-state index in [0.717, 1.165) is 12.1 Å². The second kappa shape index (κ2) is 6.79. The number of hydrogen-bond acceptors (Lipinski definition) is 4. The van der Waals surface area contributed by atoms with Crippen molar-refractivity contribution in [1.29, 1.82) is 0 Å². The summed E-state index contributed by atoms with van der Waals surface area (Å²) in [4.78, 5) is 16.1. The van der Waals surface area contributed by atoms with Crippen LogP contribution in [0.3, 0.4) is 0 Å². The van der Waals surface area contributed by atoms with Gasteiger partial charge < -0.3 is 14.6 Å². The number of carboxylic acid groups (broad SMARTS) is 1. The monoisotopic (exact) mass is 377 g/mol. The van der Waals surface area contributed by atoms with Crippen LogP contribution in [-0.4, -0.2) is 30.3 Å². The number of aromatic nitrogens is 1. The van der Waals surface area contributed by atoms with E-state index in [2.05, 4.69) is 4.98 Å². The number of hydrogen-bond donors (Lipinski definition) is 1. The number of carbonyl (C=O) groups is 1. The van der Waals surface area contributed by atoms with Crippen molar-refractivity contribution in [2.45, 2.75) is 6.18 Å². The fourth-order valence-electron chi connectivity index (χ4n) is 2.71. The second-order valence-electron chi connectivity index (χ2n) is 5.66. The Kier molecular flexibility index (Phi) is 4.65. The number of pyridine rings is 1. The molecule has 1 N–H and O–H groups in total. The maximum Gasteiger partial charge on any atom is 0.416 e. The summed E-state index contributed by atoms with van der Waals surface area (Å²) < 4.78 is 48.6. The number of fused-ring (bicyclic) bond motifs is 1. The molecular formula is C19H14F3NO4. The van der Waals surface area contributed by atoms with Crippen molar-refractivity contribution in [3.8, 4) is 22.8 Å². The van der Waals surface area contributed by atoms with Gasteiger partial charge in [-0.05, 0) is 24.3 Å². The van der Waals surface area contributed by atoms with Crippen LogP contribution in [-0.2, 0) is 6.18 Å². The van der Waals surface area contributed by atoms with Gasteiger partial charge in [-0.1, -0.05) is 12.1 Å². The van der Waals surface area contributed by atoms with Crippen molar-refractivity contribution < 1.29 is 32.5 Å². The second-order valence-corrected chi connectivity index (χ2v) is 5.66. The molecule has 1 aromatic heterocycles. The van der Waals surface area contributed by atoms with Crippen molar-refractivity contribution in [1.82, 2.24) is 4.98 Å². The molecule has 0 aliphatic heterocycles. The Morgan fingerprint density at radius 3 is 2.11 bits per heavy atom. The third kappa shape index (κ3) is 3.51. The van der Waals surface area contributed by atoms with Gasteiger partial charge in [0.1, 0.15) is 0 Å². The first-order valence-corrected chi connectivity index (χ1v) is 7.72. The van der Waals surface area contributed by atoms with Crippen molar-refractivity contribution in [2.75, 3.05) is 14.2 Å². The SMILES string of the molecule is COc1cc2nc(-c3ccc(C(F)(F)F)cc3)cc(C(=O)O)c2cc1OC. The Morgan fingerprint density at radius 1 is 1.00 bits per heavy atom. The van der Waals surface area contributed by atoms with E-state index in [1.807, 2.05) is 0 Å². The summed E-state index contributed by atoms with van der Waals surface area (Å²) in [5.74, 6) is -0.488. The molecule has 0 radical (unpaired) electrons. The number of ether oxygens (including phenoxy) is 2. The summed E-state index contributed by atoms with van der Waals surface area (Å²) in [5.41, 5.74) is 0.0817. The van der Waals surface area contributed by atoms with Crippen LogP contribution in [0.4, 0.5) is 13.2 Å². The Balaban J connectivity index is 2.21. The molecule has 2 aromatic carbocycles. The Bertz CT molecular complexity index is 1010. The molecule has 0 saturated carbocycles. The number of alkyl halides is 3. The van der Waals surface area contributed by atoms with E-state index < -0.39 is 17.7 Å². The van der Waals surface area contributed by atoms with Gasteiger partial charge >= 0.3 is 12.1 Å². The van der Waals surface area contributed by atoms with E-state index in [4.69, 9.17) is 9.47 Å². The molecule has 0 amide bonds. The van der Waals surface area contributed by atoms with E-state index in [1.54, 1.807) is 0 Å². The number of nitrogens with zero attached hydrogens (tertiary/aromatic N) is 1. The van der Waals surface area contributed by atoms with Gasteiger partial charge in [0, 0.05) is 17.0 Å². The van der Waals surface area contributed by atoms with E-state index in [9.17, 15) is 23.1 Å². The number of carboxylic acids is 1. The molecule has 0 unspecified atom stereocenters. The number of halogens is 3. The number of aromatic carboxylic acids is 1. The summed E-state index contributed by atoms with van der Waals surface area (Å²) in [6.45, 7) is 0. The molecule has 27 heavy (non-hydrogen) atoms. The van der Waals surface area contributed by atoms with E-state index >= 15 is 0 Å². The molecule has 0 atom stereocenters. The van der Waals surface area contributed by atoms with Gasteiger partial charge in [-0.3, -0.25) is 0 Å². The molecule has 3 aromatic rings. The molecule has 140 valence electrons. The minimum atomic E-state index is -4.45. The fraction of sp³-hybridized carbons (Fsp3) is 0.158. The van der Waals surface area contributed by atoms with Crippen molar-refractivity contribution >= 4 is 16.9 Å². The van der Waals surface area contributed by atoms with Crippen molar-refractivity contribution in [2.24, 2.45) is 0 Å². The lowest BCUT2D eigenvalue weighted by Gasteiger charge is -2.12. The molecule has 3 rings (SSSR count). The quantitative estimate of drug-likeness (QED) is 0.718. The Morgan fingerprint density at radius 2 is 1.59 bits per heavy atom. The van der Waals surface area contributed by atoms with E-state index in [-0.39, 0.29) is 11.3 Å². The predicted molar refractivity (Wildman–Crippen MR) is 92.2 cm³/mol. The molecule has 1 heterocycles. The van der Waals surface area contributed by atoms with Gasteiger partial charge in [-0.2, -0.15) is 13.2 Å². The minimum absolute atomic E-state index is 0.0455. The molecule has 0 aliphatic rings. The zero-order valence-electron chi connectivity index (χ0n) is 14.3. The molecule has 5 nitrogen and oxygen atoms in total. The van der Waals surface area contributed by atoms with Gasteiger partial charge in [0.15, 0.2) is 11.5 Å². The Labute approximate surface area is 152 Å². The zero-order valence-corrected chi connectivity index (χ0v) is 14.3. The van der Waals surface area contributed by atoms with Crippen LogP contribution in [0.25, 0.3) is 22.2 Å². The highest BCUT2D eigenvalue weighted by Crippen LogP contribution is 2.35. The lowest BCUT2D eigenvalue weighted by Crippen LogP contribution is -2.04. The molecule has 8 heteroatoms. The molecule has 0 fully saturated rings. The molecule has 0 spiro atoms. The topological polar surface area (TPSA) is 68.7 Å². The van der Waals surface area contributed by atoms with Crippen LogP contribution in [0.1, 0.15) is 15.9 Å². The zero-order chi connectivity index (χ0) is 19.8. The lowest BCUT2D eigenvalue weighted by molar-refractivity contribution is -0.137. The summed E-state index contributed by atoms with van der Waals surface area (Å²) in [7, 11) is 2.86. The van der Waals surface area contributed by atoms with Gasteiger partial charge in [0.05, 0.1) is 36.6 Å². The average Bonchev–Trinajstić information content (AvgIpc) is 2.65. The smallest absolute Gasteiger partial charge is 0.416 e. The normalized spacial score (nSPS) is 11.4. The summed E-state index contributed by atoms with van der Waals surface area (Å²) >= 11 is 0. The highest BCUT2D eigenvalue weighted by molar-refractivity contribution is 6.04. The summed E-state index contributed by atoms with van der Waals surface area (Å²) in [6.07, 6.45) is -4.45. The predicted octanol–water partition coefficient (Wildman–Crippen LogP) is 4.64. The van der Waals surface area contributed by atoms with Crippen LogP contribution in [0.2, 0.25) is 0 Å². The number of methoxy groups -OCH3 is 2. The van der Waals surface area contributed by atoms with Gasteiger partial charge in [0.2, 0.25) is 0 Å². The van der Waals surface area contributed by atoms with Crippen molar-refractivity contribution in [3.05, 3.63) is 53.6 Å². The van der Waals surface area contributed by atoms with Crippen LogP contribution < -0.4 is 9.47 Å². The Hall–Kier alpha value is -3.29. The van der Waals surface area contributed by atoms with Crippen LogP contribution in [0.15, 0.2) is 42.5 Å². The molecule has 0 bridgehead atoms. The number of rotatable bonds is 4. The molecular weight excluding hydrogens is 363 g/mol. The van der Waals surface area contributed by atoms with Crippen molar-refractivity contribution in [3.63, 3.8) is 0 Å². The maximum absolute atomic E-state index is 12.7. The molecule has 0 saturated heterocycles. The van der Waals surface area contributed by atoms with Crippen LogP contribution in [0, 0.1) is 0 Å². The first-order chi connectivity index (χ1) is 12.7. The van der Waals surface area contributed by atoms with Crippen LogP contribution >= 0.6 is 0 Å². The fourth-order valence-corrected chi connectivity index (χ4v) is 2.71. The standard InChI is InChI=1S/C19H14F3NO4/c1-26-16-8-12-13(18(24)25)7-14(23-15(12)9-17(16)27-2)10-3-5-11(6-4-10)19(20,21)22/h3-9H,1-2H3,(H,24,25). The average molecular weight is 377 g/mol. The summed E-state index contributed by atoms with van der Waals surface area (Å²) in [6, 6.07) is 8.70. The van der Waals surface area contributed by atoms with Crippen LogP contribution in [0.5, 0.6) is 11.5 Å². The minimum Gasteiger partial charge on any atom is -0.493 e. The largest absolute Gasteiger partial charge is 0.493 e. The van der Waals surface area contributed by atoms with E-state index in [0.29, 0.717) is 28.0 Å². The van der Waals surface area contributed by atoms with Gasteiger partial charge in [-0.25, -0.2) is 9.78 Å². The molecule has 0 aliphatic carbocycles. The third-order valence-corrected chi connectivity index (χ3v) is 4.05. The summed E-state index contributed by atoms with van der Waals surface area (Å²) in [5, 5.41) is 9.88. The number of benzene rings is 2. The maximum atomic E-state index is 12.7. The lowest BCUT2D eigenvalue weighted by atomic mass is 10.0. The van der Waals surface area contributed by atoms with Gasteiger partial charge in [0.25, 0.3) is 0 Å². The van der Waals surface area contributed by atoms with E-state index in [1.165, 1.54) is 44.6 Å².